The molecule has 3 heteroatoms. The zero-order valence-corrected chi connectivity index (χ0v) is 12.6. The molecule has 2 fully saturated rings. The number of benzene rings is 1. The van der Waals surface area contributed by atoms with E-state index in [-0.39, 0.29) is 5.82 Å². The molecule has 2 saturated carbocycles. The Morgan fingerprint density at radius 2 is 1.85 bits per heavy atom. The van der Waals surface area contributed by atoms with Crippen molar-refractivity contribution in [1.82, 2.24) is 5.32 Å². The van der Waals surface area contributed by atoms with Gasteiger partial charge in [0, 0.05) is 11.1 Å². The van der Waals surface area contributed by atoms with E-state index >= 15 is 0 Å². The molecule has 1 nitrogen and oxygen atoms in total. The molecule has 110 valence electrons. The number of halogens is 2. The van der Waals surface area contributed by atoms with Crippen LogP contribution in [-0.2, 0) is 6.42 Å². The number of nitrogens with one attached hydrogen (secondary N) is 1. The molecule has 0 radical (unpaired) electrons. The van der Waals surface area contributed by atoms with Gasteiger partial charge in [0.1, 0.15) is 5.82 Å². The summed E-state index contributed by atoms with van der Waals surface area (Å²) < 4.78 is 13.4. The van der Waals surface area contributed by atoms with Crippen molar-refractivity contribution in [3.05, 3.63) is 34.6 Å². The third-order valence-corrected chi connectivity index (χ3v) is 5.17. The fraction of sp³-hybridized carbons (Fsp3) is 0.647. The van der Waals surface area contributed by atoms with E-state index in [1.54, 1.807) is 12.1 Å². The maximum Gasteiger partial charge on any atom is 0.123 e. The van der Waals surface area contributed by atoms with Crippen LogP contribution in [0, 0.1) is 17.7 Å². The Hall–Kier alpha value is -0.600. The van der Waals surface area contributed by atoms with Crippen LogP contribution in [0.3, 0.4) is 0 Å². The lowest BCUT2D eigenvalue weighted by atomic mass is 9.76. The van der Waals surface area contributed by atoms with Crippen molar-refractivity contribution in [2.45, 2.75) is 51.0 Å². The molecule has 0 aliphatic heterocycles. The van der Waals surface area contributed by atoms with Gasteiger partial charge in [-0.25, -0.2) is 4.39 Å². The minimum atomic E-state index is -0.173. The van der Waals surface area contributed by atoms with Crippen molar-refractivity contribution < 1.29 is 4.39 Å². The Morgan fingerprint density at radius 3 is 2.60 bits per heavy atom. The van der Waals surface area contributed by atoms with Gasteiger partial charge in [0.05, 0.1) is 0 Å². The second kappa shape index (κ2) is 6.44. The van der Waals surface area contributed by atoms with Gasteiger partial charge < -0.3 is 5.32 Å². The second-order valence-electron chi connectivity index (χ2n) is 6.43. The van der Waals surface area contributed by atoms with Crippen LogP contribution in [0.4, 0.5) is 4.39 Å². The first kappa shape index (κ1) is 14.3. The summed E-state index contributed by atoms with van der Waals surface area (Å²) in [4.78, 5) is 0. The van der Waals surface area contributed by atoms with E-state index in [4.69, 9.17) is 11.6 Å². The van der Waals surface area contributed by atoms with Gasteiger partial charge in [0.15, 0.2) is 0 Å². The smallest absolute Gasteiger partial charge is 0.123 e. The summed E-state index contributed by atoms with van der Waals surface area (Å²) in [7, 11) is 0. The molecule has 3 rings (SSSR count). The third kappa shape index (κ3) is 3.73. The summed E-state index contributed by atoms with van der Waals surface area (Å²) in [6.07, 6.45) is 8.80. The topological polar surface area (TPSA) is 12.0 Å². The summed E-state index contributed by atoms with van der Waals surface area (Å²) in [6, 6.07) is 5.52. The Balaban J connectivity index is 1.64. The van der Waals surface area contributed by atoms with Gasteiger partial charge >= 0.3 is 0 Å². The Bertz CT molecular complexity index is 458. The molecule has 1 N–H and O–H groups in total. The van der Waals surface area contributed by atoms with Crippen molar-refractivity contribution in [3.63, 3.8) is 0 Å². The van der Waals surface area contributed by atoms with Gasteiger partial charge in [0.2, 0.25) is 0 Å². The number of rotatable bonds is 5. The van der Waals surface area contributed by atoms with Crippen molar-refractivity contribution in [3.8, 4) is 0 Å². The van der Waals surface area contributed by atoms with E-state index in [9.17, 15) is 4.39 Å². The van der Waals surface area contributed by atoms with E-state index in [1.807, 2.05) is 0 Å². The first-order chi connectivity index (χ1) is 9.72. The fourth-order valence-corrected chi connectivity index (χ4v) is 3.60. The maximum atomic E-state index is 13.4. The molecular weight excluding hydrogens is 273 g/mol. The quantitative estimate of drug-likeness (QED) is 0.838. The largest absolute Gasteiger partial charge is 0.314 e. The average Bonchev–Trinajstić information content (AvgIpc) is 3.26. The van der Waals surface area contributed by atoms with Gasteiger partial charge in [-0.2, -0.15) is 0 Å². The second-order valence-corrected chi connectivity index (χ2v) is 6.83. The van der Waals surface area contributed by atoms with Gasteiger partial charge in [-0.05, 0) is 74.2 Å². The number of hydrogen-bond donors (Lipinski definition) is 1. The molecule has 0 amide bonds. The molecule has 0 bridgehead atoms. The molecule has 20 heavy (non-hydrogen) atoms. The van der Waals surface area contributed by atoms with E-state index in [0.29, 0.717) is 10.9 Å². The summed E-state index contributed by atoms with van der Waals surface area (Å²) in [5.74, 6) is 1.20. The van der Waals surface area contributed by atoms with Crippen molar-refractivity contribution in [2.75, 3.05) is 6.54 Å². The van der Waals surface area contributed by atoms with E-state index < -0.39 is 0 Å². The molecule has 0 saturated heterocycles. The highest BCUT2D eigenvalue weighted by Gasteiger charge is 2.28. The summed E-state index contributed by atoms with van der Waals surface area (Å²) in [5.41, 5.74) is 0.981. The molecule has 1 aromatic rings. The standard InChI is InChI=1S/C17H23ClFN/c18-17-8-5-15(19)10-14(17)9-12-3-1-2-4-13(12)11-20-16-6-7-16/h5,8,10,12-13,16,20H,1-4,6-7,9,11H2. The fourth-order valence-electron chi connectivity index (χ4n) is 3.41. The van der Waals surface area contributed by atoms with Gasteiger partial charge in [0.25, 0.3) is 0 Å². The minimum Gasteiger partial charge on any atom is -0.314 e. The summed E-state index contributed by atoms with van der Waals surface area (Å²) in [5, 5.41) is 4.37. The monoisotopic (exact) mass is 295 g/mol. The summed E-state index contributed by atoms with van der Waals surface area (Å²) >= 11 is 6.22. The lowest BCUT2D eigenvalue weighted by Crippen LogP contribution is -2.32. The molecule has 2 unspecified atom stereocenters. The highest BCUT2D eigenvalue weighted by atomic mass is 35.5. The predicted octanol–water partition coefficient (Wildman–Crippen LogP) is 4.58. The average molecular weight is 296 g/mol. The first-order valence-corrected chi connectivity index (χ1v) is 8.27. The number of hydrogen-bond acceptors (Lipinski definition) is 1. The van der Waals surface area contributed by atoms with Crippen molar-refractivity contribution in [2.24, 2.45) is 11.8 Å². The maximum absolute atomic E-state index is 13.4. The zero-order chi connectivity index (χ0) is 13.9. The highest BCUT2D eigenvalue weighted by molar-refractivity contribution is 6.31. The zero-order valence-electron chi connectivity index (χ0n) is 11.9. The van der Waals surface area contributed by atoms with Crippen LogP contribution in [0.25, 0.3) is 0 Å². The van der Waals surface area contributed by atoms with Crippen LogP contribution in [0.1, 0.15) is 44.1 Å². The SMILES string of the molecule is Fc1ccc(Cl)c(CC2CCCCC2CNC2CC2)c1. The highest BCUT2D eigenvalue weighted by Crippen LogP contribution is 2.34. The van der Waals surface area contributed by atoms with Crippen LogP contribution in [0.5, 0.6) is 0 Å². The lowest BCUT2D eigenvalue weighted by Gasteiger charge is -2.32. The normalized spacial score (nSPS) is 26.7. The van der Waals surface area contributed by atoms with Gasteiger partial charge in [-0.15, -0.1) is 0 Å². The molecule has 0 heterocycles. The van der Waals surface area contributed by atoms with Crippen molar-refractivity contribution in [1.29, 1.82) is 0 Å². The van der Waals surface area contributed by atoms with E-state index in [2.05, 4.69) is 5.32 Å². The molecular formula is C17H23ClFN. The predicted molar refractivity (Wildman–Crippen MR) is 81.6 cm³/mol. The third-order valence-electron chi connectivity index (χ3n) is 4.80. The van der Waals surface area contributed by atoms with E-state index in [0.717, 1.165) is 30.5 Å². The minimum absolute atomic E-state index is 0.173. The molecule has 2 aliphatic rings. The van der Waals surface area contributed by atoms with E-state index in [1.165, 1.54) is 44.6 Å². The Morgan fingerprint density at radius 1 is 1.10 bits per heavy atom. The van der Waals surface area contributed by atoms with Crippen LogP contribution in [0.2, 0.25) is 5.02 Å². The Kier molecular flexibility index (Phi) is 4.62. The first-order valence-electron chi connectivity index (χ1n) is 7.89. The molecule has 1 aromatic carbocycles. The molecule has 2 atom stereocenters. The van der Waals surface area contributed by atoms with Gasteiger partial charge in [-0.3, -0.25) is 0 Å². The molecule has 2 aliphatic carbocycles. The van der Waals surface area contributed by atoms with Crippen LogP contribution in [0.15, 0.2) is 18.2 Å². The lowest BCUT2D eigenvalue weighted by molar-refractivity contribution is 0.228. The van der Waals surface area contributed by atoms with Crippen LogP contribution >= 0.6 is 11.6 Å². The van der Waals surface area contributed by atoms with Crippen LogP contribution in [-0.4, -0.2) is 12.6 Å². The van der Waals surface area contributed by atoms with Gasteiger partial charge in [-0.1, -0.05) is 24.4 Å². The Labute approximate surface area is 125 Å². The van der Waals surface area contributed by atoms with Crippen LogP contribution < -0.4 is 5.32 Å². The summed E-state index contributed by atoms with van der Waals surface area (Å²) in [6.45, 7) is 1.13. The molecule has 0 aromatic heterocycles. The van der Waals surface area contributed by atoms with Crippen molar-refractivity contribution >= 4 is 11.6 Å². The molecule has 0 spiro atoms.